The molecule has 0 fully saturated rings. The number of methoxy groups -OCH3 is 1. The minimum absolute atomic E-state index is 0.0103. The first-order valence-electron chi connectivity index (χ1n) is 5.35. The molecule has 0 saturated carbocycles. The third-order valence-electron chi connectivity index (χ3n) is 2.66. The number of hydrogen-bond donors (Lipinski definition) is 0. The van der Waals surface area contributed by atoms with Crippen LogP contribution in [0.5, 0.6) is 5.75 Å². The van der Waals surface area contributed by atoms with E-state index in [1.165, 1.54) is 23.8 Å². The monoisotopic (exact) mass is 230 g/mol. The second-order valence-electron chi connectivity index (χ2n) is 4.44. The molecular weight excluding hydrogens is 211 g/mol. The van der Waals surface area contributed by atoms with Crippen LogP contribution in [0.3, 0.4) is 0 Å². The van der Waals surface area contributed by atoms with Gasteiger partial charge in [0.15, 0.2) is 5.13 Å². The number of ether oxygens (including phenoxy) is 1. The van der Waals surface area contributed by atoms with Crippen LogP contribution in [0, 0.1) is 5.13 Å². The molecule has 1 aromatic rings. The Kier molecular flexibility index (Phi) is 4.14. The van der Waals surface area contributed by atoms with Gasteiger partial charge in [0, 0.05) is 11.5 Å². The molecular formula is C12H19FOS. The molecule has 1 heterocycles. The molecule has 0 atom stereocenters. The third-order valence-corrected chi connectivity index (χ3v) is 3.93. The van der Waals surface area contributed by atoms with Crippen LogP contribution >= 0.6 is 11.3 Å². The van der Waals surface area contributed by atoms with Gasteiger partial charge in [-0.05, 0) is 6.42 Å². The Morgan fingerprint density at radius 2 is 2.13 bits per heavy atom. The largest absolute Gasteiger partial charge is 0.495 e. The van der Waals surface area contributed by atoms with Crippen molar-refractivity contribution in [1.82, 2.24) is 0 Å². The quantitative estimate of drug-likeness (QED) is 0.730. The maximum absolute atomic E-state index is 13.2. The molecule has 0 bridgehead atoms. The summed E-state index contributed by atoms with van der Waals surface area (Å²) in [6.07, 6.45) is 3.40. The highest BCUT2D eigenvalue weighted by molar-refractivity contribution is 7.10. The van der Waals surface area contributed by atoms with E-state index >= 15 is 0 Å². The molecule has 0 aliphatic carbocycles. The van der Waals surface area contributed by atoms with Gasteiger partial charge in [0.2, 0.25) is 0 Å². The maximum atomic E-state index is 13.2. The molecule has 0 aromatic carbocycles. The van der Waals surface area contributed by atoms with Gasteiger partial charge in [-0.1, -0.05) is 33.6 Å². The molecule has 0 aliphatic rings. The lowest BCUT2D eigenvalue weighted by Gasteiger charge is -2.24. The lowest BCUT2D eigenvalue weighted by atomic mass is 9.85. The summed E-state index contributed by atoms with van der Waals surface area (Å²) in [7, 11) is 1.60. The molecule has 0 radical (unpaired) electrons. The van der Waals surface area contributed by atoms with E-state index in [4.69, 9.17) is 4.74 Å². The summed E-state index contributed by atoms with van der Waals surface area (Å²) in [5.74, 6) is 0.693. The third kappa shape index (κ3) is 2.94. The van der Waals surface area contributed by atoms with E-state index < -0.39 is 0 Å². The predicted molar refractivity (Wildman–Crippen MR) is 63.4 cm³/mol. The van der Waals surface area contributed by atoms with E-state index in [1.54, 1.807) is 7.11 Å². The zero-order valence-corrected chi connectivity index (χ0v) is 10.7. The van der Waals surface area contributed by atoms with Crippen LogP contribution in [-0.4, -0.2) is 7.11 Å². The number of rotatable bonds is 5. The summed E-state index contributed by atoms with van der Waals surface area (Å²) < 4.78 is 18.4. The van der Waals surface area contributed by atoms with Gasteiger partial charge in [-0.3, -0.25) is 0 Å². The first-order valence-corrected chi connectivity index (χ1v) is 6.16. The number of hydrogen-bond acceptors (Lipinski definition) is 2. The highest BCUT2D eigenvalue weighted by Gasteiger charge is 2.26. The number of thiophene rings is 1. The van der Waals surface area contributed by atoms with E-state index in [-0.39, 0.29) is 10.5 Å². The SMILES string of the molecule is CCCCC(C)(C)c1sc(F)cc1OC. The summed E-state index contributed by atoms with van der Waals surface area (Å²) in [6, 6.07) is 1.48. The molecule has 0 amide bonds. The van der Waals surface area contributed by atoms with Gasteiger partial charge in [0.25, 0.3) is 0 Å². The van der Waals surface area contributed by atoms with Crippen LogP contribution in [0.4, 0.5) is 4.39 Å². The molecule has 1 nitrogen and oxygen atoms in total. The van der Waals surface area contributed by atoms with Crippen molar-refractivity contribution in [3.05, 3.63) is 16.1 Å². The Labute approximate surface area is 95.3 Å². The topological polar surface area (TPSA) is 9.23 Å². The Hall–Kier alpha value is -0.570. The van der Waals surface area contributed by atoms with Crippen molar-refractivity contribution in [2.24, 2.45) is 0 Å². The second-order valence-corrected chi connectivity index (χ2v) is 5.44. The van der Waals surface area contributed by atoms with E-state index in [0.717, 1.165) is 17.7 Å². The molecule has 0 saturated heterocycles. The summed E-state index contributed by atoms with van der Waals surface area (Å²) in [6.45, 7) is 6.47. The van der Waals surface area contributed by atoms with Crippen LogP contribution in [-0.2, 0) is 5.41 Å². The summed E-state index contributed by atoms with van der Waals surface area (Å²) >= 11 is 1.20. The van der Waals surface area contributed by atoms with Crippen molar-refractivity contribution >= 4 is 11.3 Å². The Morgan fingerprint density at radius 3 is 2.67 bits per heavy atom. The molecule has 0 spiro atoms. The minimum Gasteiger partial charge on any atom is -0.495 e. The molecule has 0 N–H and O–H groups in total. The van der Waals surface area contributed by atoms with Crippen LogP contribution in [0.1, 0.15) is 44.9 Å². The lowest BCUT2D eigenvalue weighted by Crippen LogP contribution is -2.16. The minimum atomic E-state index is -0.161. The van der Waals surface area contributed by atoms with Crippen LogP contribution in [0.15, 0.2) is 6.07 Å². The fourth-order valence-electron chi connectivity index (χ4n) is 1.70. The van der Waals surface area contributed by atoms with Crippen LogP contribution in [0.2, 0.25) is 0 Å². The van der Waals surface area contributed by atoms with Gasteiger partial charge in [-0.2, -0.15) is 4.39 Å². The Balaban J connectivity index is 2.91. The van der Waals surface area contributed by atoms with Gasteiger partial charge >= 0.3 is 0 Å². The average Bonchev–Trinajstić information content (AvgIpc) is 2.57. The van der Waals surface area contributed by atoms with E-state index in [9.17, 15) is 4.39 Å². The van der Waals surface area contributed by atoms with Crippen molar-refractivity contribution < 1.29 is 9.13 Å². The smallest absolute Gasteiger partial charge is 0.180 e. The van der Waals surface area contributed by atoms with Crippen molar-refractivity contribution in [2.45, 2.75) is 45.4 Å². The lowest BCUT2D eigenvalue weighted by molar-refractivity contribution is 0.387. The van der Waals surface area contributed by atoms with Crippen molar-refractivity contribution in [2.75, 3.05) is 7.11 Å². The van der Waals surface area contributed by atoms with Gasteiger partial charge in [0.05, 0.1) is 12.0 Å². The second kappa shape index (κ2) is 4.97. The Bertz CT molecular complexity index is 317. The molecule has 0 aliphatic heterocycles. The van der Waals surface area contributed by atoms with E-state index in [0.29, 0.717) is 5.75 Å². The summed E-state index contributed by atoms with van der Waals surface area (Å²) in [5, 5.41) is -0.161. The van der Waals surface area contributed by atoms with Gasteiger partial charge < -0.3 is 4.74 Å². The summed E-state index contributed by atoms with van der Waals surface area (Å²) in [4.78, 5) is 1.02. The first kappa shape index (κ1) is 12.5. The fourth-order valence-corrected chi connectivity index (χ4v) is 2.68. The average molecular weight is 230 g/mol. The standard InChI is InChI=1S/C12H19FOS/c1-5-6-7-12(2,3)11-9(14-4)8-10(13)15-11/h8H,5-7H2,1-4H3. The molecule has 15 heavy (non-hydrogen) atoms. The molecule has 1 rings (SSSR count). The number of halogens is 1. The van der Waals surface area contributed by atoms with Crippen molar-refractivity contribution in [3.8, 4) is 5.75 Å². The normalized spacial score (nSPS) is 11.8. The van der Waals surface area contributed by atoms with Gasteiger partial charge in [0.1, 0.15) is 5.75 Å². The fraction of sp³-hybridized carbons (Fsp3) is 0.667. The van der Waals surface area contributed by atoms with E-state index in [1.807, 2.05) is 0 Å². The predicted octanol–water partition coefficient (Wildman–Crippen LogP) is 4.36. The van der Waals surface area contributed by atoms with Crippen LogP contribution in [0.25, 0.3) is 0 Å². The molecule has 1 aromatic heterocycles. The number of unbranched alkanes of at least 4 members (excludes halogenated alkanes) is 1. The van der Waals surface area contributed by atoms with Crippen molar-refractivity contribution in [1.29, 1.82) is 0 Å². The van der Waals surface area contributed by atoms with Gasteiger partial charge in [-0.15, -0.1) is 11.3 Å². The highest BCUT2D eigenvalue weighted by Crippen LogP contribution is 2.40. The zero-order valence-electron chi connectivity index (χ0n) is 9.89. The molecule has 0 unspecified atom stereocenters. The first-order chi connectivity index (χ1) is 7.01. The maximum Gasteiger partial charge on any atom is 0.180 e. The molecule has 3 heteroatoms. The summed E-state index contributed by atoms with van der Waals surface area (Å²) in [5.41, 5.74) is 0.0103. The zero-order chi connectivity index (χ0) is 11.5. The Morgan fingerprint density at radius 1 is 1.47 bits per heavy atom. The van der Waals surface area contributed by atoms with Crippen LogP contribution < -0.4 is 4.74 Å². The highest BCUT2D eigenvalue weighted by atomic mass is 32.1. The molecule has 86 valence electrons. The van der Waals surface area contributed by atoms with Gasteiger partial charge in [-0.25, -0.2) is 0 Å². The van der Waals surface area contributed by atoms with Crippen molar-refractivity contribution in [3.63, 3.8) is 0 Å². The van der Waals surface area contributed by atoms with E-state index in [2.05, 4.69) is 20.8 Å².